The van der Waals surface area contributed by atoms with Crippen LogP contribution in [0.15, 0.2) is 23.5 Å². The summed E-state index contributed by atoms with van der Waals surface area (Å²) in [6.07, 6.45) is -1.09. The van der Waals surface area contributed by atoms with Crippen LogP contribution in [-0.2, 0) is 19.1 Å². The standard InChI is InChI=1S/C24H30F2O6/c1-11-5-14-15-8-17(25)16-6-13(29)7-20(32-12(2)28)23(16,4)24(15,26)19(31)9-22(14,3)21(11)18(30)10-27/h6-7,11,14-15,17,19,21,27,31H,5,8-10H2,1-4H3/t11-,14+,15+,17+,19+,21-,22+,23+,24+/m1/s1. The normalized spacial score (nSPS) is 47.6. The molecular formula is C24H30F2O6. The molecule has 9 atom stereocenters. The number of alkyl halides is 2. The molecule has 0 bridgehead atoms. The largest absolute Gasteiger partial charge is 0.430 e. The number of carbonyl (C=O) groups is 3. The molecule has 4 aliphatic rings. The summed E-state index contributed by atoms with van der Waals surface area (Å²) >= 11 is 0. The van der Waals surface area contributed by atoms with Crippen LogP contribution in [0.2, 0.25) is 0 Å². The maximum Gasteiger partial charge on any atom is 0.307 e. The van der Waals surface area contributed by atoms with Gasteiger partial charge in [0.2, 0.25) is 0 Å². The highest BCUT2D eigenvalue weighted by molar-refractivity contribution is 6.02. The lowest BCUT2D eigenvalue weighted by Gasteiger charge is -2.62. The van der Waals surface area contributed by atoms with Crippen LogP contribution in [0.25, 0.3) is 0 Å². The van der Waals surface area contributed by atoms with Crippen LogP contribution in [-0.4, -0.2) is 52.3 Å². The molecule has 0 amide bonds. The van der Waals surface area contributed by atoms with Crippen molar-refractivity contribution in [1.29, 1.82) is 0 Å². The number of halogens is 2. The summed E-state index contributed by atoms with van der Waals surface area (Å²) in [5.41, 5.74) is -5.20. The van der Waals surface area contributed by atoms with E-state index < -0.39 is 64.9 Å². The molecule has 176 valence electrons. The number of allylic oxidation sites excluding steroid dienone is 3. The molecule has 0 spiro atoms. The average molecular weight is 452 g/mol. The molecule has 32 heavy (non-hydrogen) atoms. The summed E-state index contributed by atoms with van der Waals surface area (Å²) in [6, 6.07) is 0. The Morgan fingerprint density at radius 3 is 2.47 bits per heavy atom. The minimum atomic E-state index is -2.41. The lowest BCUT2D eigenvalue weighted by Crippen LogP contribution is -2.69. The third-order valence-electron chi connectivity index (χ3n) is 8.86. The Labute approximate surface area is 185 Å². The van der Waals surface area contributed by atoms with Gasteiger partial charge in [0.15, 0.2) is 17.2 Å². The first-order chi connectivity index (χ1) is 14.8. The fourth-order valence-corrected chi connectivity index (χ4v) is 7.72. The van der Waals surface area contributed by atoms with Crippen molar-refractivity contribution in [2.24, 2.45) is 34.5 Å². The van der Waals surface area contributed by atoms with Crippen LogP contribution in [0.1, 0.15) is 47.0 Å². The third kappa shape index (κ3) is 2.78. The molecule has 3 fully saturated rings. The predicted molar refractivity (Wildman–Crippen MR) is 109 cm³/mol. The Morgan fingerprint density at radius 1 is 1.22 bits per heavy atom. The summed E-state index contributed by atoms with van der Waals surface area (Å²) in [5.74, 6) is -4.17. The van der Waals surface area contributed by atoms with E-state index in [-0.39, 0.29) is 35.9 Å². The second kappa shape index (κ2) is 7.29. The second-order valence-corrected chi connectivity index (χ2v) is 10.5. The second-order valence-electron chi connectivity index (χ2n) is 10.5. The minimum absolute atomic E-state index is 0.0630. The number of aliphatic hydroxyl groups excluding tert-OH is 2. The van der Waals surface area contributed by atoms with Crippen molar-refractivity contribution < 1.29 is 38.1 Å². The van der Waals surface area contributed by atoms with E-state index in [0.29, 0.717) is 6.42 Å². The van der Waals surface area contributed by atoms with Crippen molar-refractivity contribution in [3.63, 3.8) is 0 Å². The average Bonchev–Trinajstić information content (AvgIpc) is 2.95. The zero-order chi connectivity index (χ0) is 23.8. The molecule has 0 aliphatic heterocycles. The number of rotatable bonds is 3. The number of hydrogen-bond acceptors (Lipinski definition) is 6. The minimum Gasteiger partial charge on any atom is -0.430 e. The van der Waals surface area contributed by atoms with Crippen LogP contribution in [0.3, 0.4) is 0 Å². The van der Waals surface area contributed by atoms with Gasteiger partial charge in [-0.1, -0.05) is 13.8 Å². The van der Waals surface area contributed by atoms with Gasteiger partial charge in [0.1, 0.15) is 18.5 Å². The van der Waals surface area contributed by atoms with Gasteiger partial charge in [0, 0.05) is 24.8 Å². The third-order valence-corrected chi connectivity index (χ3v) is 8.86. The number of Topliss-reactive ketones (excluding diaryl/α,β-unsaturated/α-hetero) is 1. The number of ketones is 2. The lowest BCUT2D eigenvalue weighted by atomic mass is 9.44. The quantitative estimate of drug-likeness (QED) is 0.639. The van der Waals surface area contributed by atoms with E-state index in [9.17, 15) is 24.6 Å². The van der Waals surface area contributed by atoms with Crippen LogP contribution >= 0.6 is 0 Å². The molecule has 3 saturated carbocycles. The fraction of sp³-hybridized carbons (Fsp3) is 0.708. The van der Waals surface area contributed by atoms with E-state index in [1.165, 1.54) is 6.92 Å². The lowest BCUT2D eigenvalue weighted by molar-refractivity contribution is -0.212. The van der Waals surface area contributed by atoms with Crippen molar-refractivity contribution in [2.45, 2.75) is 64.9 Å². The fourth-order valence-electron chi connectivity index (χ4n) is 7.72. The Hall–Kier alpha value is -1.93. The van der Waals surface area contributed by atoms with E-state index >= 15 is 8.78 Å². The van der Waals surface area contributed by atoms with Crippen LogP contribution < -0.4 is 0 Å². The Bertz CT molecular complexity index is 943. The van der Waals surface area contributed by atoms with Gasteiger partial charge in [-0.25, -0.2) is 8.78 Å². The van der Waals surface area contributed by atoms with E-state index in [0.717, 1.165) is 19.1 Å². The Kier molecular flexibility index (Phi) is 5.29. The molecular weight excluding hydrogens is 422 g/mol. The van der Waals surface area contributed by atoms with Crippen molar-refractivity contribution >= 4 is 17.5 Å². The van der Waals surface area contributed by atoms with Gasteiger partial charge in [-0.3, -0.25) is 14.4 Å². The molecule has 0 aromatic heterocycles. The van der Waals surface area contributed by atoms with Gasteiger partial charge in [0.05, 0.1) is 11.5 Å². The molecule has 0 radical (unpaired) electrons. The highest BCUT2D eigenvalue weighted by Crippen LogP contribution is 2.71. The zero-order valence-corrected chi connectivity index (χ0v) is 18.7. The van der Waals surface area contributed by atoms with Crippen LogP contribution in [0.4, 0.5) is 8.78 Å². The number of ether oxygens (including phenoxy) is 1. The highest BCUT2D eigenvalue weighted by atomic mass is 19.1. The van der Waals surface area contributed by atoms with Crippen molar-refractivity contribution in [3.8, 4) is 0 Å². The molecule has 0 saturated heterocycles. The van der Waals surface area contributed by atoms with Crippen molar-refractivity contribution in [3.05, 3.63) is 23.5 Å². The van der Waals surface area contributed by atoms with Gasteiger partial charge < -0.3 is 14.9 Å². The number of aliphatic hydroxyl groups is 2. The summed E-state index contributed by atoms with van der Waals surface area (Å²) in [5, 5.41) is 20.8. The first-order valence-electron chi connectivity index (χ1n) is 11.1. The topological polar surface area (TPSA) is 101 Å². The Balaban J connectivity index is 1.88. The molecule has 0 aromatic carbocycles. The predicted octanol–water partition coefficient (Wildman–Crippen LogP) is 2.62. The van der Waals surface area contributed by atoms with E-state index in [4.69, 9.17) is 4.74 Å². The van der Waals surface area contributed by atoms with Crippen molar-refractivity contribution in [1.82, 2.24) is 0 Å². The molecule has 0 aromatic rings. The molecule has 2 N–H and O–H groups in total. The number of carbonyl (C=O) groups excluding carboxylic acids is 3. The highest BCUT2D eigenvalue weighted by Gasteiger charge is 2.75. The first-order valence-corrected chi connectivity index (χ1v) is 11.1. The SMILES string of the molecule is CC(=O)OC1=CC(=O)C=C2[C@@H](F)C[C@H]3[C@@H]4C[C@@H](C)[C@H](C(=O)CO)[C@@]4(C)C[C@H](O)[C@]3(F)[C@]12C. The monoisotopic (exact) mass is 452 g/mol. The van der Waals surface area contributed by atoms with Gasteiger partial charge in [-0.05, 0) is 55.1 Å². The van der Waals surface area contributed by atoms with Gasteiger partial charge in [-0.15, -0.1) is 0 Å². The zero-order valence-electron chi connectivity index (χ0n) is 18.7. The van der Waals surface area contributed by atoms with E-state index in [2.05, 4.69) is 0 Å². The summed E-state index contributed by atoms with van der Waals surface area (Å²) in [4.78, 5) is 36.6. The van der Waals surface area contributed by atoms with Gasteiger partial charge in [-0.2, -0.15) is 0 Å². The maximum atomic E-state index is 17.3. The molecule has 8 heteroatoms. The molecule has 4 aliphatic carbocycles. The molecule has 6 nitrogen and oxygen atoms in total. The van der Waals surface area contributed by atoms with E-state index in [1.807, 2.05) is 13.8 Å². The van der Waals surface area contributed by atoms with Crippen molar-refractivity contribution in [2.75, 3.05) is 6.61 Å². The molecule has 0 unspecified atom stereocenters. The summed E-state index contributed by atoms with van der Waals surface area (Å²) in [7, 11) is 0. The smallest absolute Gasteiger partial charge is 0.307 e. The first kappa shape index (κ1) is 23.2. The number of esters is 1. The number of fused-ring (bicyclic) bond motifs is 5. The van der Waals surface area contributed by atoms with Gasteiger partial charge >= 0.3 is 5.97 Å². The number of hydrogen-bond donors (Lipinski definition) is 2. The Morgan fingerprint density at radius 2 is 1.88 bits per heavy atom. The van der Waals surface area contributed by atoms with Crippen LogP contribution in [0, 0.1) is 34.5 Å². The maximum absolute atomic E-state index is 17.3. The van der Waals surface area contributed by atoms with Crippen LogP contribution in [0.5, 0.6) is 0 Å². The summed E-state index contributed by atoms with van der Waals surface area (Å²) < 4.78 is 38.2. The van der Waals surface area contributed by atoms with E-state index in [1.54, 1.807) is 0 Å². The molecule has 4 rings (SSSR count). The molecule has 0 heterocycles. The van der Waals surface area contributed by atoms with Gasteiger partial charge in [0.25, 0.3) is 0 Å². The summed E-state index contributed by atoms with van der Waals surface area (Å²) in [6.45, 7) is 5.54.